The third-order valence-electron chi connectivity index (χ3n) is 4.72. The van der Waals surface area contributed by atoms with E-state index in [9.17, 15) is 23.3 Å². The van der Waals surface area contributed by atoms with Gasteiger partial charge in [0.15, 0.2) is 0 Å². The van der Waals surface area contributed by atoms with Crippen LogP contribution < -0.4 is 14.4 Å². The van der Waals surface area contributed by atoms with Crippen LogP contribution in [0.4, 0.5) is 17.1 Å². The molecule has 2 aromatic rings. The highest BCUT2D eigenvalue weighted by molar-refractivity contribution is 7.92. The van der Waals surface area contributed by atoms with Crippen molar-refractivity contribution in [1.29, 1.82) is 0 Å². The van der Waals surface area contributed by atoms with Crippen molar-refractivity contribution in [1.82, 2.24) is 9.88 Å². The first kappa shape index (κ1) is 21.3. The molecule has 0 unspecified atom stereocenters. The molecule has 1 aliphatic heterocycles. The number of pyridine rings is 1. The Bertz CT molecular complexity index is 1050. The van der Waals surface area contributed by atoms with Crippen LogP contribution in [-0.2, 0) is 14.8 Å². The second-order valence-corrected chi connectivity index (χ2v) is 8.28. The summed E-state index contributed by atoms with van der Waals surface area (Å²) in [6.45, 7) is 3.20. The molecule has 0 spiro atoms. The van der Waals surface area contributed by atoms with Crippen molar-refractivity contribution in [2.75, 3.05) is 42.9 Å². The van der Waals surface area contributed by atoms with Crippen molar-refractivity contribution in [2.24, 2.45) is 0 Å². The van der Waals surface area contributed by atoms with E-state index in [4.69, 9.17) is 4.74 Å². The van der Waals surface area contributed by atoms with Gasteiger partial charge in [-0.25, -0.2) is 13.4 Å². The highest BCUT2D eigenvalue weighted by Crippen LogP contribution is 2.32. The third-order valence-corrected chi connectivity index (χ3v) is 6.10. The maximum atomic E-state index is 12.7. The average molecular weight is 435 g/mol. The molecule has 11 nitrogen and oxygen atoms in total. The average Bonchev–Trinajstić information content (AvgIpc) is 2.73. The molecule has 12 heteroatoms. The van der Waals surface area contributed by atoms with Gasteiger partial charge in [0.2, 0.25) is 11.8 Å². The molecular weight excluding hydrogens is 414 g/mol. The first-order chi connectivity index (χ1) is 14.2. The van der Waals surface area contributed by atoms with Crippen LogP contribution in [0.5, 0.6) is 5.88 Å². The Morgan fingerprint density at radius 1 is 1.20 bits per heavy atom. The van der Waals surface area contributed by atoms with Crippen molar-refractivity contribution in [3.05, 3.63) is 46.6 Å². The summed E-state index contributed by atoms with van der Waals surface area (Å²) in [5, 5.41) is 11.6. The van der Waals surface area contributed by atoms with E-state index in [0.29, 0.717) is 37.7 Å². The van der Waals surface area contributed by atoms with Crippen molar-refractivity contribution in [3.8, 4) is 5.88 Å². The van der Waals surface area contributed by atoms with Crippen LogP contribution in [0, 0.1) is 10.1 Å². The molecule has 0 radical (unpaired) electrons. The van der Waals surface area contributed by atoms with Gasteiger partial charge in [-0.1, -0.05) is 0 Å². The van der Waals surface area contributed by atoms with Crippen LogP contribution in [-0.4, -0.2) is 62.4 Å². The van der Waals surface area contributed by atoms with Gasteiger partial charge in [0.1, 0.15) is 5.69 Å². The first-order valence-corrected chi connectivity index (χ1v) is 10.5. The quantitative estimate of drug-likeness (QED) is 0.532. The summed E-state index contributed by atoms with van der Waals surface area (Å²) in [5.41, 5.74) is 0.193. The van der Waals surface area contributed by atoms with Gasteiger partial charge >= 0.3 is 0 Å². The number of sulfonamides is 1. The van der Waals surface area contributed by atoms with Gasteiger partial charge in [-0.3, -0.25) is 19.6 Å². The minimum absolute atomic E-state index is 0.0512. The predicted molar refractivity (Wildman–Crippen MR) is 109 cm³/mol. The molecular formula is C18H21N5O6S. The smallest absolute Gasteiger partial charge is 0.293 e. The topological polar surface area (TPSA) is 135 Å². The van der Waals surface area contributed by atoms with Crippen molar-refractivity contribution >= 4 is 33.0 Å². The zero-order valence-electron chi connectivity index (χ0n) is 16.4. The lowest BCUT2D eigenvalue weighted by Gasteiger charge is -2.35. The fraction of sp³-hybridized carbons (Fsp3) is 0.333. The van der Waals surface area contributed by atoms with Crippen LogP contribution in [0.2, 0.25) is 0 Å². The molecule has 0 bridgehead atoms. The summed E-state index contributed by atoms with van der Waals surface area (Å²) in [5.74, 6) is 0.271. The van der Waals surface area contributed by atoms with Gasteiger partial charge in [-0.2, -0.15) is 0 Å². The number of methoxy groups -OCH3 is 1. The number of amides is 1. The molecule has 0 atom stereocenters. The van der Waals surface area contributed by atoms with Crippen LogP contribution in [0.25, 0.3) is 0 Å². The second-order valence-electron chi connectivity index (χ2n) is 6.60. The number of carbonyl (C=O) groups is 1. The maximum Gasteiger partial charge on any atom is 0.293 e. The Hall–Kier alpha value is -3.41. The Morgan fingerprint density at radius 2 is 1.90 bits per heavy atom. The number of carbonyl (C=O) groups excluding carboxylic acids is 1. The highest BCUT2D eigenvalue weighted by Gasteiger charge is 2.27. The van der Waals surface area contributed by atoms with Crippen molar-refractivity contribution in [2.45, 2.75) is 11.8 Å². The molecule has 1 saturated heterocycles. The third kappa shape index (κ3) is 4.59. The Morgan fingerprint density at radius 3 is 2.43 bits per heavy atom. The van der Waals surface area contributed by atoms with Gasteiger partial charge in [0, 0.05) is 45.2 Å². The van der Waals surface area contributed by atoms with Gasteiger partial charge in [-0.15, -0.1) is 0 Å². The number of nitro benzene ring substituents is 1. The Kier molecular flexibility index (Phi) is 6.06. The number of piperazine rings is 1. The fourth-order valence-electron chi connectivity index (χ4n) is 3.12. The van der Waals surface area contributed by atoms with Gasteiger partial charge in [0.05, 0.1) is 28.8 Å². The summed E-state index contributed by atoms with van der Waals surface area (Å²) >= 11 is 0. The van der Waals surface area contributed by atoms with Crippen LogP contribution in [0.3, 0.4) is 0 Å². The van der Waals surface area contributed by atoms with E-state index in [1.165, 1.54) is 44.5 Å². The highest BCUT2D eigenvalue weighted by atomic mass is 32.2. The largest absolute Gasteiger partial charge is 0.481 e. The molecule has 1 amide bonds. The lowest BCUT2D eigenvalue weighted by Crippen LogP contribution is -2.48. The molecule has 0 aliphatic carbocycles. The number of nitro groups is 1. The minimum atomic E-state index is -4.06. The summed E-state index contributed by atoms with van der Waals surface area (Å²) in [6.07, 6.45) is 1.29. The standard InChI is InChI=1S/C18H21N5O6S/c1-13(24)21-7-9-22(10-8-21)16-5-4-15(11-17(16)23(25)26)30(27,28)20-14-3-6-18(29-2)19-12-14/h3-6,11-12,20H,7-10H2,1-2H3. The number of rotatable bonds is 6. The lowest BCUT2D eigenvalue weighted by molar-refractivity contribution is -0.384. The van der Waals surface area contributed by atoms with Gasteiger partial charge in [0.25, 0.3) is 15.7 Å². The molecule has 1 fully saturated rings. The van der Waals surface area contributed by atoms with E-state index in [1.807, 2.05) is 0 Å². The summed E-state index contributed by atoms with van der Waals surface area (Å²) in [7, 11) is -2.63. The SMILES string of the molecule is COc1ccc(NS(=O)(=O)c2ccc(N3CCN(C(C)=O)CC3)c([N+](=O)[O-])c2)cn1. The summed E-state index contributed by atoms with van der Waals surface area (Å²) in [6, 6.07) is 6.73. The zero-order chi connectivity index (χ0) is 21.9. The van der Waals surface area contributed by atoms with E-state index < -0.39 is 14.9 Å². The van der Waals surface area contributed by atoms with E-state index in [0.717, 1.165) is 6.07 Å². The van der Waals surface area contributed by atoms with E-state index in [-0.39, 0.29) is 22.2 Å². The Balaban J connectivity index is 1.85. The number of nitrogens with zero attached hydrogens (tertiary/aromatic N) is 4. The molecule has 0 saturated carbocycles. The first-order valence-electron chi connectivity index (χ1n) is 9.03. The number of aromatic nitrogens is 1. The Labute approximate surface area is 173 Å². The molecule has 160 valence electrons. The van der Waals surface area contributed by atoms with Gasteiger partial charge < -0.3 is 14.5 Å². The number of benzene rings is 1. The number of nitrogens with one attached hydrogen (secondary N) is 1. The predicted octanol–water partition coefficient (Wildman–Crippen LogP) is 1.47. The van der Waals surface area contributed by atoms with Crippen molar-refractivity contribution < 1.29 is 22.9 Å². The summed E-state index contributed by atoms with van der Waals surface area (Å²) in [4.78, 5) is 29.6. The van der Waals surface area contributed by atoms with Crippen molar-refractivity contribution in [3.63, 3.8) is 0 Å². The molecule has 30 heavy (non-hydrogen) atoms. The van der Waals surface area contributed by atoms with Crippen LogP contribution in [0.15, 0.2) is 41.4 Å². The molecule has 1 aliphatic rings. The monoisotopic (exact) mass is 435 g/mol. The second kappa shape index (κ2) is 8.53. The molecule has 1 aromatic heterocycles. The van der Waals surface area contributed by atoms with Gasteiger partial charge in [-0.05, 0) is 18.2 Å². The zero-order valence-corrected chi connectivity index (χ0v) is 17.3. The minimum Gasteiger partial charge on any atom is -0.481 e. The fourth-order valence-corrected chi connectivity index (χ4v) is 4.18. The molecule has 1 aromatic carbocycles. The van der Waals surface area contributed by atoms with Crippen LogP contribution >= 0.6 is 0 Å². The normalized spacial score (nSPS) is 14.3. The van der Waals surface area contributed by atoms with Crippen LogP contribution in [0.1, 0.15) is 6.92 Å². The molecule has 3 rings (SSSR count). The van der Waals surface area contributed by atoms with E-state index in [2.05, 4.69) is 9.71 Å². The summed E-state index contributed by atoms with van der Waals surface area (Å²) < 4.78 is 32.6. The van der Waals surface area contributed by atoms with E-state index >= 15 is 0 Å². The number of hydrogen-bond donors (Lipinski definition) is 1. The molecule has 2 heterocycles. The number of anilines is 2. The molecule has 1 N–H and O–H groups in total. The van der Waals surface area contributed by atoms with E-state index in [1.54, 1.807) is 9.80 Å². The maximum absolute atomic E-state index is 12.7. The lowest BCUT2D eigenvalue weighted by atomic mass is 10.2. The number of ether oxygens (including phenoxy) is 1. The number of hydrogen-bond acceptors (Lipinski definition) is 8.